The molecule has 218 valence electrons. The average Bonchev–Trinajstić information content (AvgIpc) is 3.50. The van der Waals surface area contributed by atoms with Crippen LogP contribution >= 0.6 is 0 Å². The Hall–Kier alpha value is -2.53. The highest BCUT2D eigenvalue weighted by molar-refractivity contribution is 5.97. The number of rotatable bonds is 5. The number of aliphatic carboxylic acids is 2. The SMILES string of the molecule is CO/N=C1\C[C@H]2[C@@H]3CC[C@H](O)[C@@]3(C)CC[C@@H]2[C@@]2(C)C[C@@H](F)/C(=N\O[C@@H]3CCNC3)CC12.O=C(O)/C=C/C(=O)O. The maximum atomic E-state index is 15.5. The van der Waals surface area contributed by atoms with E-state index in [0.717, 1.165) is 57.3 Å². The molecule has 0 aromatic heterocycles. The first-order valence-corrected chi connectivity index (χ1v) is 14.0. The molecule has 0 radical (unpaired) electrons. The Bertz CT molecular complexity index is 997. The van der Waals surface area contributed by atoms with Gasteiger partial charge in [-0.1, -0.05) is 24.2 Å². The van der Waals surface area contributed by atoms with E-state index in [1.807, 2.05) is 0 Å². The van der Waals surface area contributed by atoms with Crippen LogP contribution in [0.2, 0.25) is 0 Å². The van der Waals surface area contributed by atoms with Crippen LogP contribution in [0.3, 0.4) is 0 Å². The van der Waals surface area contributed by atoms with Crippen molar-refractivity contribution in [3.05, 3.63) is 12.2 Å². The van der Waals surface area contributed by atoms with E-state index in [9.17, 15) is 14.7 Å². The van der Waals surface area contributed by atoms with Crippen molar-refractivity contribution in [1.82, 2.24) is 5.32 Å². The smallest absolute Gasteiger partial charge is 0.328 e. The lowest BCUT2D eigenvalue weighted by molar-refractivity contribution is -0.134. The van der Waals surface area contributed by atoms with Gasteiger partial charge in [-0.3, -0.25) is 0 Å². The van der Waals surface area contributed by atoms with Crippen molar-refractivity contribution in [2.75, 3.05) is 20.2 Å². The Morgan fingerprint density at radius 2 is 1.69 bits per heavy atom. The van der Waals surface area contributed by atoms with Crippen LogP contribution in [0.25, 0.3) is 0 Å². The molecule has 1 heterocycles. The summed E-state index contributed by atoms with van der Waals surface area (Å²) >= 11 is 0. The number of oxime groups is 2. The molecule has 4 saturated carbocycles. The molecule has 9 atom stereocenters. The maximum absolute atomic E-state index is 15.5. The summed E-state index contributed by atoms with van der Waals surface area (Å²) in [5, 5.41) is 38.4. The zero-order valence-electron chi connectivity index (χ0n) is 23.0. The van der Waals surface area contributed by atoms with Crippen LogP contribution < -0.4 is 5.32 Å². The molecule has 5 aliphatic rings. The monoisotopic (exact) mass is 551 g/mol. The van der Waals surface area contributed by atoms with Gasteiger partial charge in [-0.2, -0.15) is 0 Å². The second kappa shape index (κ2) is 11.9. The summed E-state index contributed by atoms with van der Waals surface area (Å²) < 4.78 is 15.5. The Labute approximate surface area is 228 Å². The zero-order chi connectivity index (χ0) is 28.4. The van der Waals surface area contributed by atoms with Crippen molar-refractivity contribution in [2.24, 2.45) is 44.8 Å². The Morgan fingerprint density at radius 1 is 1.00 bits per heavy atom. The molecule has 1 saturated heterocycles. The van der Waals surface area contributed by atoms with Gasteiger partial charge in [0.05, 0.1) is 17.5 Å². The van der Waals surface area contributed by atoms with Crippen molar-refractivity contribution < 1.29 is 39.0 Å². The standard InChI is InChI=1S/C24H38FN3O3.C4H4O4/c1-23-8-6-17-15(16(23)4-5-22(23)29)10-20(27-30-3)18-11-21(19(25)12-24(17,18)2)28-31-14-7-9-26-13-14;5-3(6)1-2-4(7)8/h14-19,22,26,29H,4-13H2,1-3H3;1-2H,(H,5,6)(H,7,8)/b27-20+,28-21-;2-1+/t14-,15+,16+,17+,18?,19-,22+,23+,24-;/m1./s1. The second-order valence-corrected chi connectivity index (χ2v) is 12.2. The summed E-state index contributed by atoms with van der Waals surface area (Å²) in [6.45, 7) is 6.25. The van der Waals surface area contributed by atoms with E-state index >= 15 is 4.39 Å². The first-order valence-electron chi connectivity index (χ1n) is 14.0. The van der Waals surface area contributed by atoms with Gasteiger partial charge in [-0.15, -0.1) is 0 Å². The molecule has 4 N–H and O–H groups in total. The molecule has 0 amide bonds. The minimum absolute atomic E-state index is 0.0118. The van der Waals surface area contributed by atoms with Crippen molar-refractivity contribution in [1.29, 1.82) is 0 Å². The molecule has 0 spiro atoms. The number of hydrogen-bond acceptors (Lipinski definition) is 8. The fraction of sp³-hybridized carbons (Fsp3) is 0.786. The Balaban J connectivity index is 0.000000386. The number of carbonyl (C=O) groups is 2. The van der Waals surface area contributed by atoms with Crippen molar-refractivity contribution in [3.63, 3.8) is 0 Å². The van der Waals surface area contributed by atoms with Crippen LogP contribution in [-0.2, 0) is 19.3 Å². The number of nitrogens with zero attached hydrogens (tertiary/aromatic N) is 2. The van der Waals surface area contributed by atoms with Gasteiger partial charge in [0, 0.05) is 37.5 Å². The lowest BCUT2D eigenvalue weighted by Gasteiger charge is -2.60. The molecule has 11 heteroatoms. The largest absolute Gasteiger partial charge is 0.478 e. The van der Waals surface area contributed by atoms with Crippen molar-refractivity contribution in [3.8, 4) is 0 Å². The van der Waals surface area contributed by atoms with Crippen molar-refractivity contribution >= 4 is 23.4 Å². The molecule has 5 fully saturated rings. The van der Waals surface area contributed by atoms with Gasteiger partial charge in [-0.25, -0.2) is 14.0 Å². The molecular formula is C28H42FN3O7. The van der Waals surface area contributed by atoms with Gasteiger partial charge >= 0.3 is 11.9 Å². The number of aliphatic hydroxyl groups excluding tert-OH is 1. The molecule has 5 rings (SSSR count). The zero-order valence-corrected chi connectivity index (χ0v) is 23.0. The van der Waals surface area contributed by atoms with Gasteiger partial charge in [0.1, 0.15) is 19.4 Å². The number of carboxylic acid groups (broad SMARTS) is 2. The van der Waals surface area contributed by atoms with Gasteiger partial charge in [0.2, 0.25) is 0 Å². The predicted octanol–water partition coefficient (Wildman–Crippen LogP) is 3.40. The van der Waals surface area contributed by atoms with Crippen LogP contribution in [0.4, 0.5) is 4.39 Å². The second-order valence-electron chi connectivity index (χ2n) is 12.2. The third-order valence-corrected chi connectivity index (χ3v) is 10.2. The van der Waals surface area contributed by atoms with Gasteiger partial charge in [0.25, 0.3) is 0 Å². The minimum atomic E-state index is -1.26. The van der Waals surface area contributed by atoms with Crippen LogP contribution in [0.1, 0.15) is 65.2 Å². The van der Waals surface area contributed by atoms with Crippen LogP contribution in [-0.4, -0.2) is 77.3 Å². The molecular weight excluding hydrogens is 509 g/mol. The molecule has 0 bridgehead atoms. The first kappa shape index (κ1) is 29.5. The Kier molecular flexibility index (Phi) is 9.00. The molecule has 4 aliphatic carbocycles. The van der Waals surface area contributed by atoms with Crippen molar-refractivity contribution in [2.45, 2.75) is 83.6 Å². The predicted molar refractivity (Wildman–Crippen MR) is 142 cm³/mol. The van der Waals surface area contributed by atoms with E-state index in [0.29, 0.717) is 48.5 Å². The fourth-order valence-electron chi connectivity index (χ4n) is 8.19. The van der Waals surface area contributed by atoms with Crippen LogP contribution in [0.15, 0.2) is 22.5 Å². The topological polar surface area (TPSA) is 150 Å². The van der Waals surface area contributed by atoms with E-state index in [-0.39, 0.29) is 29.0 Å². The number of hydrogen-bond donors (Lipinski definition) is 4. The molecule has 0 aromatic carbocycles. The summed E-state index contributed by atoms with van der Waals surface area (Å²) in [5.74, 6) is -0.998. The average molecular weight is 552 g/mol. The molecule has 10 nitrogen and oxygen atoms in total. The summed E-state index contributed by atoms with van der Waals surface area (Å²) in [5.41, 5.74) is 1.41. The number of carboxylic acids is 2. The van der Waals surface area contributed by atoms with E-state index < -0.39 is 18.1 Å². The number of nitrogens with one attached hydrogen (secondary N) is 1. The third-order valence-electron chi connectivity index (χ3n) is 10.2. The molecule has 1 aliphatic heterocycles. The molecule has 1 unspecified atom stereocenters. The first-order chi connectivity index (χ1) is 18.5. The normalized spacial score (nSPS) is 43.3. The molecule has 39 heavy (non-hydrogen) atoms. The summed E-state index contributed by atoms with van der Waals surface area (Å²) in [4.78, 5) is 30.1. The van der Waals surface area contributed by atoms with E-state index in [2.05, 4.69) is 29.5 Å². The molecule has 0 aromatic rings. The highest BCUT2D eigenvalue weighted by atomic mass is 19.1. The minimum Gasteiger partial charge on any atom is -0.478 e. The van der Waals surface area contributed by atoms with Gasteiger partial charge in [0.15, 0.2) is 0 Å². The lowest BCUT2D eigenvalue weighted by atomic mass is 9.44. The number of fused-ring (bicyclic) bond motifs is 5. The van der Waals surface area contributed by atoms with E-state index in [1.165, 1.54) is 0 Å². The van der Waals surface area contributed by atoms with Crippen LogP contribution in [0, 0.1) is 34.5 Å². The number of alkyl halides is 1. The summed E-state index contributed by atoms with van der Waals surface area (Å²) in [6, 6.07) is 0. The number of aliphatic hydroxyl groups is 1. The van der Waals surface area contributed by atoms with Gasteiger partial charge in [-0.05, 0) is 73.7 Å². The van der Waals surface area contributed by atoms with Gasteiger partial charge < -0.3 is 30.3 Å². The lowest BCUT2D eigenvalue weighted by Crippen LogP contribution is -2.58. The highest BCUT2D eigenvalue weighted by Crippen LogP contribution is 2.65. The quantitative estimate of drug-likeness (QED) is 0.300. The van der Waals surface area contributed by atoms with Crippen LogP contribution in [0.5, 0.6) is 0 Å². The summed E-state index contributed by atoms with van der Waals surface area (Å²) in [7, 11) is 1.60. The fourth-order valence-corrected chi connectivity index (χ4v) is 8.19. The van der Waals surface area contributed by atoms with E-state index in [4.69, 9.17) is 19.9 Å². The Morgan fingerprint density at radius 3 is 2.31 bits per heavy atom. The van der Waals surface area contributed by atoms with E-state index in [1.54, 1.807) is 7.11 Å². The highest BCUT2D eigenvalue weighted by Gasteiger charge is 2.62. The third kappa shape index (κ3) is 5.99. The number of halogens is 1. The maximum Gasteiger partial charge on any atom is 0.328 e. The summed E-state index contributed by atoms with van der Waals surface area (Å²) in [6.07, 6.45) is 6.77.